The van der Waals surface area contributed by atoms with Crippen molar-refractivity contribution in [2.45, 2.75) is 32.5 Å². The molecule has 0 bridgehead atoms. The van der Waals surface area contributed by atoms with Crippen molar-refractivity contribution in [2.75, 3.05) is 44.3 Å². The van der Waals surface area contributed by atoms with Crippen LogP contribution < -0.4 is 9.64 Å². The average molecular weight is 461 g/mol. The zero-order valence-corrected chi connectivity index (χ0v) is 17.0. The van der Waals surface area contributed by atoms with E-state index in [2.05, 4.69) is 32.5 Å². The highest BCUT2D eigenvalue weighted by Crippen LogP contribution is 2.24. The molecular formula is C17H24IN3O4. The number of ether oxygens (including phenoxy) is 3. The lowest BCUT2D eigenvalue weighted by Crippen LogP contribution is -2.57. The van der Waals surface area contributed by atoms with Crippen LogP contribution in [0.25, 0.3) is 0 Å². The summed E-state index contributed by atoms with van der Waals surface area (Å²) >= 11 is 2.27. The van der Waals surface area contributed by atoms with Gasteiger partial charge in [-0.3, -0.25) is 0 Å². The molecule has 1 amide bonds. The van der Waals surface area contributed by atoms with Crippen molar-refractivity contribution in [1.82, 2.24) is 9.88 Å². The van der Waals surface area contributed by atoms with Gasteiger partial charge in [0.15, 0.2) is 0 Å². The number of anilines is 1. The molecule has 1 aromatic rings. The fourth-order valence-corrected chi connectivity index (χ4v) is 3.18. The molecule has 0 aliphatic carbocycles. The molecular weight excluding hydrogens is 437 g/mol. The van der Waals surface area contributed by atoms with Crippen LogP contribution in [0.15, 0.2) is 12.1 Å². The first kappa shape index (κ1) is 18.5. The number of aromatic nitrogens is 1. The Labute approximate surface area is 161 Å². The zero-order chi connectivity index (χ0) is 18.0. The van der Waals surface area contributed by atoms with Crippen LogP contribution in [-0.2, 0) is 9.47 Å². The third-order valence-electron chi connectivity index (χ3n) is 3.88. The minimum absolute atomic E-state index is 0.0456. The first-order valence-corrected chi connectivity index (χ1v) is 9.53. The Morgan fingerprint density at radius 3 is 2.60 bits per heavy atom. The van der Waals surface area contributed by atoms with E-state index in [4.69, 9.17) is 14.2 Å². The van der Waals surface area contributed by atoms with Gasteiger partial charge in [0.2, 0.25) is 5.88 Å². The average Bonchev–Trinajstić information content (AvgIpc) is 2.49. The Kier molecular flexibility index (Phi) is 5.57. The lowest BCUT2D eigenvalue weighted by atomic mass is 10.2. The van der Waals surface area contributed by atoms with Crippen LogP contribution in [0.5, 0.6) is 5.88 Å². The number of likely N-dealkylation sites (tertiary alicyclic amines) is 1. The van der Waals surface area contributed by atoms with E-state index in [1.165, 1.54) is 0 Å². The van der Waals surface area contributed by atoms with Gasteiger partial charge >= 0.3 is 6.09 Å². The molecule has 0 N–H and O–H groups in total. The van der Waals surface area contributed by atoms with Crippen LogP contribution in [0, 0.1) is 3.57 Å². The summed E-state index contributed by atoms with van der Waals surface area (Å²) in [5.41, 5.74) is -0.479. The Balaban J connectivity index is 1.55. The number of hydrogen-bond donors (Lipinski definition) is 0. The highest BCUT2D eigenvalue weighted by atomic mass is 127. The van der Waals surface area contributed by atoms with E-state index in [1.54, 1.807) is 4.90 Å². The zero-order valence-electron chi connectivity index (χ0n) is 14.8. The SMILES string of the molecule is CC(C)(C)OC(=O)N1CC(Oc2cc(I)cc(N3CCOCC3)n2)C1. The maximum atomic E-state index is 12.0. The number of amides is 1. The number of morpholine rings is 1. The Hall–Kier alpha value is -1.29. The van der Waals surface area contributed by atoms with Crippen molar-refractivity contribution in [3.8, 4) is 5.88 Å². The number of rotatable bonds is 3. The molecule has 2 fully saturated rings. The summed E-state index contributed by atoms with van der Waals surface area (Å²) in [6.45, 7) is 9.74. The Morgan fingerprint density at radius 1 is 1.28 bits per heavy atom. The lowest BCUT2D eigenvalue weighted by Gasteiger charge is -2.39. The minimum atomic E-state index is -0.479. The quantitative estimate of drug-likeness (QED) is 0.645. The van der Waals surface area contributed by atoms with E-state index < -0.39 is 5.60 Å². The molecule has 0 radical (unpaired) electrons. The second-order valence-electron chi connectivity index (χ2n) is 7.21. The second kappa shape index (κ2) is 7.53. The smallest absolute Gasteiger partial charge is 0.410 e. The fourth-order valence-electron chi connectivity index (χ4n) is 2.63. The molecule has 2 aliphatic heterocycles. The molecule has 2 aliphatic rings. The maximum Gasteiger partial charge on any atom is 0.410 e. The normalized spacial score (nSPS) is 18.7. The third kappa shape index (κ3) is 5.10. The van der Waals surface area contributed by atoms with Crippen molar-refractivity contribution in [3.05, 3.63) is 15.7 Å². The van der Waals surface area contributed by atoms with E-state index in [0.717, 1.165) is 35.7 Å². The van der Waals surface area contributed by atoms with Crippen LogP contribution >= 0.6 is 22.6 Å². The number of hydrogen-bond acceptors (Lipinski definition) is 6. The predicted octanol–water partition coefficient (Wildman–Crippen LogP) is 2.52. The first-order chi connectivity index (χ1) is 11.8. The molecule has 3 rings (SSSR count). The molecule has 0 saturated carbocycles. The summed E-state index contributed by atoms with van der Waals surface area (Å²) in [6, 6.07) is 3.97. The summed E-state index contributed by atoms with van der Waals surface area (Å²) in [5, 5.41) is 0. The highest BCUT2D eigenvalue weighted by molar-refractivity contribution is 14.1. The standard InChI is InChI=1S/C17H24IN3O4/c1-17(2,3)25-16(22)21-10-13(11-21)24-15-9-12(18)8-14(19-15)20-4-6-23-7-5-20/h8-9,13H,4-7,10-11H2,1-3H3. The van der Waals surface area contributed by atoms with Crippen LogP contribution in [0.3, 0.4) is 0 Å². The number of nitrogens with zero attached hydrogens (tertiary/aromatic N) is 3. The third-order valence-corrected chi connectivity index (χ3v) is 4.50. The Morgan fingerprint density at radius 2 is 1.96 bits per heavy atom. The van der Waals surface area contributed by atoms with Gasteiger partial charge in [0.25, 0.3) is 0 Å². The van der Waals surface area contributed by atoms with E-state index in [1.807, 2.05) is 32.9 Å². The molecule has 1 aromatic heterocycles. The van der Waals surface area contributed by atoms with Gasteiger partial charge in [0.1, 0.15) is 17.5 Å². The molecule has 25 heavy (non-hydrogen) atoms. The van der Waals surface area contributed by atoms with Gasteiger partial charge < -0.3 is 24.0 Å². The van der Waals surface area contributed by atoms with Crippen molar-refractivity contribution >= 4 is 34.5 Å². The van der Waals surface area contributed by atoms with Gasteiger partial charge in [-0.15, -0.1) is 0 Å². The van der Waals surface area contributed by atoms with E-state index in [9.17, 15) is 4.79 Å². The van der Waals surface area contributed by atoms with Crippen molar-refractivity contribution < 1.29 is 19.0 Å². The topological polar surface area (TPSA) is 64.1 Å². The largest absolute Gasteiger partial charge is 0.470 e. The van der Waals surface area contributed by atoms with Crippen LogP contribution in [-0.4, -0.2) is 67.1 Å². The van der Waals surface area contributed by atoms with Gasteiger partial charge in [-0.05, 0) is 49.4 Å². The molecule has 2 saturated heterocycles. The van der Waals surface area contributed by atoms with Crippen LogP contribution in [0.1, 0.15) is 20.8 Å². The fraction of sp³-hybridized carbons (Fsp3) is 0.647. The van der Waals surface area contributed by atoms with Gasteiger partial charge in [0, 0.05) is 22.7 Å². The summed E-state index contributed by atoms with van der Waals surface area (Å²) in [5.74, 6) is 1.51. The van der Waals surface area contributed by atoms with Gasteiger partial charge in [-0.1, -0.05) is 0 Å². The number of halogens is 1. The molecule has 0 atom stereocenters. The number of carbonyl (C=O) groups excluding carboxylic acids is 1. The van der Waals surface area contributed by atoms with E-state index in [0.29, 0.717) is 19.0 Å². The minimum Gasteiger partial charge on any atom is -0.470 e. The Bertz CT molecular complexity index is 623. The molecule has 7 nitrogen and oxygen atoms in total. The van der Waals surface area contributed by atoms with Gasteiger partial charge in [0.05, 0.1) is 26.3 Å². The van der Waals surface area contributed by atoms with Gasteiger partial charge in [-0.25, -0.2) is 4.79 Å². The summed E-state index contributed by atoms with van der Waals surface area (Å²) in [7, 11) is 0. The van der Waals surface area contributed by atoms with Gasteiger partial charge in [-0.2, -0.15) is 4.98 Å². The van der Waals surface area contributed by atoms with Crippen molar-refractivity contribution in [1.29, 1.82) is 0 Å². The van der Waals surface area contributed by atoms with Crippen LogP contribution in [0.2, 0.25) is 0 Å². The highest BCUT2D eigenvalue weighted by Gasteiger charge is 2.35. The first-order valence-electron chi connectivity index (χ1n) is 8.45. The summed E-state index contributed by atoms with van der Waals surface area (Å²) in [4.78, 5) is 20.4. The van der Waals surface area contributed by atoms with E-state index >= 15 is 0 Å². The van der Waals surface area contributed by atoms with E-state index in [-0.39, 0.29) is 12.2 Å². The second-order valence-corrected chi connectivity index (χ2v) is 8.45. The molecule has 8 heteroatoms. The number of pyridine rings is 1. The lowest BCUT2D eigenvalue weighted by molar-refractivity contribution is -0.0232. The maximum absolute atomic E-state index is 12.0. The summed E-state index contributed by atoms with van der Waals surface area (Å²) < 4.78 is 17.8. The molecule has 0 aromatic carbocycles. The van der Waals surface area contributed by atoms with Crippen molar-refractivity contribution in [3.63, 3.8) is 0 Å². The number of carbonyl (C=O) groups is 1. The van der Waals surface area contributed by atoms with Crippen molar-refractivity contribution in [2.24, 2.45) is 0 Å². The predicted molar refractivity (Wildman–Crippen MR) is 102 cm³/mol. The molecule has 0 unspecified atom stereocenters. The molecule has 0 spiro atoms. The summed E-state index contributed by atoms with van der Waals surface area (Å²) in [6.07, 6.45) is -0.340. The molecule has 3 heterocycles. The van der Waals surface area contributed by atoms with Crippen LogP contribution in [0.4, 0.5) is 10.6 Å². The molecule has 138 valence electrons. The monoisotopic (exact) mass is 461 g/mol.